The van der Waals surface area contributed by atoms with Crippen molar-refractivity contribution in [3.05, 3.63) is 22.9 Å². The normalized spacial score (nSPS) is 5.33. The van der Waals surface area contributed by atoms with Crippen molar-refractivity contribution < 1.29 is 36.0 Å². The molecule has 0 N–H and O–H groups in total. The van der Waals surface area contributed by atoms with Crippen molar-refractivity contribution in [2.24, 2.45) is 0 Å². The number of rotatable bonds is 1. The Morgan fingerprint density at radius 2 is 2.00 bits per heavy atom. The molecule has 0 radical (unpaired) electrons. The van der Waals surface area contributed by atoms with Gasteiger partial charge < -0.3 is 6.58 Å². The third kappa shape index (κ3) is 8.89. The summed E-state index contributed by atoms with van der Waals surface area (Å²) in [6.45, 7) is 4.35. The minimum atomic E-state index is -0.722. The van der Waals surface area contributed by atoms with Gasteiger partial charge in [0.25, 0.3) is 0 Å². The van der Waals surface area contributed by atoms with E-state index in [4.69, 9.17) is 10.1 Å². The van der Waals surface area contributed by atoms with E-state index in [-0.39, 0.29) is 31.1 Å². The summed E-state index contributed by atoms with van der Waals surface area (Å²) in [6, 6.07) is 0. The van der Waals surface area contributed by atoms with E-state index in [2.05, 4.69) is 6.58 Å². The fourth-order valence-corrected chi connectivity index (χ4v) is 0. The molecule has 0 rings (SSSR count). The molecule has 6 heavy (non-hydrogen) atoms. The van der Waals surface area contributed by atoms with E-state index in [0.29, 0.717) is 6.20 Å². The molecule has 0 heterocycles. The zero-order chi connectivity index (χ0) is 4.28. The monoisotopic (exact) mass is 310 g/mol. The van der Waals surface area contributed by atoms with E-state index in [1.807, 2.05) is 0 Å². The van der Waals surface area contributed by atoms with E-state index in [1.54, 1.807) is 0 Å². The molecule has 3 nitrogen and oxygen atoms in total. The van der Waals surface area contributed by atoms with Gasteiger partial charge in [-0.05, 0) is 0 Å². The van der Waals surface area contributed by atoms with Gasteiger partial charge in [-0.1, -0.05) is 0 Å². The molecule has 0 saturated carbocycles. The van der Waals surface area contributed by atoms with Crippen LogP contribution in [0.5, 0.6) is 0 Å². The minimum Gasteiger partial charge on any atom is -0.439 e. The second-order valence-corrected chi connectivity index (χ2v) is 0.434. The summed E-state index contributed by atoms with van der Waals surface area (Å²) in [4.78, 5) is 8.27. The maximum atomic E-state index is 8.99. The van der Waals surface area contributed by atoms with E-state index in [0.717, 1.165) is 0 Å². The quantitative estimate of drug-likeness (QED) is 0.395. The van der Waals surface area contributed by atoms with Crippen LogP contribution in [0, 0.1) is 47.8 Å². The molecule has 0 aromatic carbocycles. The summed E-state index contributed by atoms with van der Waals surface area (Å²) < 4.78 is 0. The van der Waals surface area contributed by atoms with Crippen molar-refractivity contribution in [1.29, 1.82) is 0 Å². The number of hydrogen-bond acceptors (Lipinski definition) is 2. The molecule has 0 unspecified atom stereocenters. The zero-order valence-electron chi connectivity index (χ0n) is 2.92. The van der Waals surface area contributed by atoms with Gasteiger partial charge in [-0.2, -0.15) is 0 Å². The van der Waals surface area contributed by atoms with Gasteiger partial charge in [0.15, 0.2) is 0 Å². The average molecular weight is 310 g/mol. The Morgan fingerprint density at radius 3 is 2.00 bits per heavy atom. The van der Waals surface area contributed by atoms with Crippen LogP contribution in [-0.2, 0) is 0 Å². The van der Waals surface area contributed by atoms with Crippen LogP contribution in [0.4, 0.5) is 0 Å². The maximum absolute atomic E-state index is 8.99. The van der Waals surface area contributed by atoms with Gasteiger partial charge in [0.2, 0.25) is 0 Å². The van der Waals surface area contributed by atoms with Gasteiger partial charge in [0.1, 0.15) is 0 Å². The van der Waals surface area contributed by atoms with Crippen LogP contribution in [0.15, 0.2) is 6.20 Å². The van der Waals surface area contributed by atoms with E-state index < -0.39 is 4.92 Å². The van der Waals surface area contributed by atoms with Crippen LogP contribution >= 0.6 is 0 Å². The third-order valence-corrected chi connectivity index (χ3v) is 0.122. The number of hydrogen-bond donors (Lipinski definition) is 0. The van der Waals surface area contributed by atoms with Crippen LogP contribution in [0.25, 0.3) is 0 Å². The first-order valence-corrected chi connectivity index (χ1v) is 0.957. The molecule has 4 heteroatoms. The summed E-state index contributed by atoms with van der Waals surface area (Å²) in [5.74, 6) is 0. The fourth-order valence-electron chi connectivity index (χ4n) is 0. The second kappa shape index (κ2) is 5.19. The van der Waals surface area contributed by atoms with Gasteiger partial charge in [-0.3, -0.25) is 10.1 Å². The molecule has 0 aliphatic rings. The predicted molar refractivity (Wildman–Crippen MR) is 15.9 cm³/mol. The fraction of sp³-hybridized carbons (Fsp3) is 0. The third-order valence-electron chi connectivity index (χ3n) is 0.122. The van der Waals surface area contributed by atoms with E-state index in [9.17, 15) is 0 Å². The summed E-state index contributed by atoms with van der Waals surface area (Å²) in [7, 11) is 0. The van der Waals surface area contributed by atoms with Crippen molar-refractivity contribution in [3.8, 4) is 0 Å². The Labute approximate surface area is 58.9 Å². The van der Waals surface area contributed by atoms with Crippen LogP contribution in [0.1, 0.15) is 0 Å². The predicted octanol–water partition coefficient (Wildman–Crippen LogP) is 0.210. The summed E-state index contributed by atoms with van der Waals surface area (Å²) >= 11 is 0. The molecule has 0 amide bonds. The Hall–Kier alpha value is 0.192. The second-order valence-electron chi connectivity index (χ2n) is 0.434. The zero-order valence-corrected chi connectivity index (χ0v) is 7.08. The Bertz CT molecular complexity index is 62.6. The van der Waals surface area contributed by atoms with Crippen LogP contribution in [-0.4, -0.2) is 4.92 Å². The molecule has 0 aliphatic heterocycles. The molecular weight excluding hydrogens is 308 g/mol. The summed E-state index contributed by atoms with van der Waals surface area (Å²) in [6.07, 6.45) is 0.389. The molecule has 32 valence electrons. The molecule has 0 aromatic heterocycles. The average Bonchev–Trinajstić information content (AvgIpc) is 1.38. The van der Waals surface area contributed by atoms with Crippen molar-refractivity contribution in [3.63, 3.8) is 0 Å². The Morgan fingerprint density at radius 1 is 1.83 bits per heavy atom. The molecule has 0 aliphatic carbocycles. The van der Waals surface area contributed by atoms with Crippen molar-refractivity contribution in [2.75, 3.05) is 0 Å². The van der Waals surface area contributed by atoms with Crippen molar-refractivity contribution >= 4 is 0 Å². The maximum Gasteiger partial charge on any atom is 0.0557 e. The van der Waals surface area contributed by atoms with Crippen LogP contribution in [0.2, 0.25) is 0 Å². The molecule has 0 aromatic rings. The first-order chi connectivity index (χ1) is 2.27. The molecule has 0 spiro atoms. The molecular formula is C2H2NO2U-. The minimum absolute atomic E-state index is 0. The Balaban J connectivity index is 0. The number of nitrogens with zero attached hydrogens (tertiary/aromatic N) is 1. The van der Waals surface area contributed by atoms with Gasteiger partial charge in [0.05, 0.1) is 6.20 Å². The molecule has 0 atom stereocenters. The smallest absolute Gasteiger partial charge is 0.0557 e. The first kappa shape index (κ1) is 9.50. The van der Waals surface area contributed by atoms with Gasteiger partial charge >= 0.3 is 0 Å². The first-order valence-electron chi connectivity index (χ1n) is 0.957. The standard InChI is InChI=1S/C2H2NO2.U/c1-2-3(4)5;/h1-2H;/q-1;. The van der Waals surface area contributed by atoms with E-state index >= 15 is 0 Å². The van der Waals surface area contributed by atoms with Gasteiger partial charge in [-0.15, -0.1) is 0 Å². The largest absolute Gasteiger partial charge is 0.439 e. The number of nitro groups is 1. The van der Waals surface area contributed by atoms with Gasteiger partial charge in [0, 0.05) is 36.0 Å². The van der Waals surface area contributed by atoms with Crippen molar-refractivity contribution in [2.45, 2.75) is 0 Å². The van der Waals surface area contributed by atoms with Crippen molar-refractivity contribution in [1.82, 2.24) is 0 Å². The summed E-state index contributed by atoms with van der Waals surface area (Å²) in [5.41, 5.74) is 0. The summed E-state index contributed by atoms with van der Waals surface area (Å²) in [5, 5.41) is 8.99. The van der Waals surface area contributed by atoms with E-state index in [1.165, 1.54) is 0 Å². The van der Waals surface area contributed by atoms with Crippen LogP contribution in [0.3, 0.4) is 0 Å². The van der Waals surface area contributed by atoms with Gasteiger partial charge in [-0.25, -0.2) is 0 Å². The Kier molecular flexibility index (Phi) is 8.22. The molecule has 0 bridgehead atoms. The topological polar surface area (TPSA) is 43.1 Å². The molecule has 0 saturated heterocycles. The molecule has 0 fully saturated rings. The van der Waals surface area contributed by atoms with Crippen LogP contribution < -0.4 is 0 Å². The SMILES string of the molecule is [CH-]=C[N+](=O)[O-].[U].